The number of amidine groups is 1. The first-order chi connectivity index (χ1) is 20.8. The minimum atomic E-state index is 0.0306. The highest BCUT2D eigenvalue weighted by atomic mass is 16.5. The molecule has 0 aliphatic carbocycles. The molecule has 5 N–H and O–H groups in total. The molecule has 9 nitrogen and oxygen atoms in total. The van der Waals surface area contributed by atoms with Gasteiger partial charge >= 0.3 is 0 Å². The van der Waals surface area contributed by atoms with Gasteiger partial charge in [-0.25, -0.2) is 9.97 Å². The van der Waals surface area contributed by atoms with Crippen LogP contribution in [0.3, 0.4) is 0 Å². The lowest BCUT2D eigenvalue weighted by Crippen LogP contribution is -2.10. The molecule has 9 heteroatoms. The number of nitrogens with zero attached hydrogens (tertiary/aromatic N) is 4. The fourth-order valence-corrected chi connectivity index (χ4v) is 5.12. The molecule has 2 aromatic heterocycles. The Morgan fingerprint density at radius 2 is 1.14 bits per heavy atom. The van der Waals surface area contributed by atoms with E-state index in [1.807, 2.05) is 104 Å². The van der Waals surface area contributed by atoms with Crippen LogP contribution < -0.4 is 20.9 Å². The Hall–Kier alpha value is -5.57. The van der Waals surface area contributed by atoms with Gasteiger partial charge in [-0.1, -0.05) is 12.6 Å². The van der Waals surface area contributed by atoms with Crippen molar-refractivity contribution in [3.63, 3.8) is 0 Å². The number of benzene rings is 4. The SMILES string of the molecule is C=C(N)c1ccc2c(c1)nc(-c1ccc(OCCCOc3ccc(-c4nc5cc(C(=N)N)ccc5n4C)cc3)cc1)n2C. The van der Waals surface area contributed by atoms with Crippen LogP contribution in [0.15, 0.2) is 91.5 Å². The zero-order valence-electron chi connectivity index (χ0n) is 24.2. The van der Waals surface area contributed by atoms with Gasteiger partial charge in [-0.2, -0.15) is 0 Å². The van der Waals surface area contributed by atoms with E-state index in [2.05, 4.69) is 11.1 Å². The second-order valence-electron chi connectivity index (χ2n) is 10.4. The molecule has 0 unspecified atom stereocenters. The van der Waals surface area contributed by atoms with E-state index < -0.39 is 0 Å². The third-order valence-corrected chi connectivity index (χ3v) is 7.49. The number of fused-ring (bicyclic) bond motifs is 2. The average Bonchev–Trinajstić information content (AvgIpc) is 3.53. The number of hydrogen-bond donors (Lipinski definition) is 3. The van der Waals surface area contributed by atoms with Crippen molar-refractivity contribution in [2.75, 3.05) is 13.2 Å². The molecule has 0 saturated heterocycles. The van der Waals surface area contributed by atoms with Gasteiger partial charge in [0.05, 0.1) is 35.3 Å². The van der Waals surface area contributed by atoms with E-state index in [1.54, 1.807) is 0 Å². The largest absolute Gasteiger partial charge is 0.493 e. The van der Waals surface area contributed by atoms with E-state index in [1.165, 1.54) is 0 Å². The van der Waals surface area contributed by atoms with E-state index in [0.29, 0.717) is 24.5 Å². The Morgan fingerprint density at radius 1 is 0.698 bits per heavy atom. The van der Waals surface area contributed by atoms with Gasteiger partial charge in [-0.05, 0) is 84.4 Å². The van der Waals surface area contributed by atoms with Crippen LogP contribution in [0.5, 0.6) is 11.5 Å². The Kier molecular flexibility index (Phi) is 7.29. The summed E-state index contributed by atoms with van der Waals surface area (Å²) in [6.07, 6.45) is 0.742. The molecule has 0 atom stereocenters. The highest BCUT2D eigenvalue weighted by Crippen LogP contribution is 2.28. The van der Waals surface area contributed by atoms with Crippen molar-refractivity contribution in [2.45, 2.75) is 6.42 Å². The summed E-state index contributed by atoms with van der Waals surface area (Å²) in [4.78, 5) is 9.57. The lowest BCUT2D eigenvalue weighted by atomic mass is 10.1. The maximum Gasteiger partial charge on any atom is 0.140 e. The number of aryl methyl sites for hydroxylation is 2. The molecule has 43 heavy (non-hydrogen) atoms. The molecule has 0 amide bonds. The van der Waals surface area contributed by atoms with Gasteiger partial charge in [0.25, 0.3) is 0 Å². The Labute approximate surface area is 249 Å². The maximum atomic E-state index is 7.67. The third-order valence-electron chi connectivity index (χ3n) is 7.49. The molecule has 0 fully saturated rings. The molecule has 0 saturated carbocycles. The highest BCUT2D eigenvalue weighted by Gasteiger charge is 2.13. The zero-order valence-corrected chi connectivity index (χ0v) is 24.2. The summed E-state index contributed by atoms with van der Waals surface area (Å²) in [6.45, 7) is 4.90. The van der Waals surface area contributed by atoms with Crippen LogP contribution >= 0.6 is 0 Å². The van der Waals surface area contributed by atoms with E-state index in [9.17, 15) is 0 Å². The summed E-state index contributed by atoms with van der Waals surface area (Å²) in [7, 11) is 3.98. The number of aromatic nitrogens is 4. The fraction of sp³-hybridized carbons (Fsp3) is 0.147. The second-order valence-corrected chi connectivity index (χ2v) is 10.4. The monoisotopic (exact) mass is 571 g/mol. The van der Waals surface area contributed by atoms with Crippen LogP contribution in [-0.4, -0.2) is 38.2 Å². The van der Waals surface area contributed by atoms with Crippen molar-refractivity contribution >= 4 is 33.6 Å². The van der Waals surface area contributed by atoms with Crippen molar-refractivity contribution in [3.05, 3.63) is 103 Å². The van der Waals surface area contributed by atoms with Gasteiger partial charge in [0.15, 0.2) is 0 Å². The van der Waals surface area contributed by atoms with E-state index in [-0.39, 0.29) is 5.84 Å². The number of nitrogens with two attached hydrogens (primary N) is 2. The summed E-state index contributed by atoms with van der Waals surface area (Å²) in [6, 6.07) is 27.4. The Balaban J connectivity index is 1.01. The normalized spacial score (nSPS) is 11.2. The van der Waals surface area contributed by atoms with Crippen LogP contribution in [0.1, 0.15) is 17.5 Å². The average molecular weight is 572 g/mol. The highest BCUT2D eigenvalue weighted by molar-refractivity contribution is 5.98. The van der Waals surface area contributed by atoms with Gasteiger partial charge in [-0.3, -0.25) is 5.41 Å². The van der Waals surface area contributed by atoms with Crippen molar-refractivity contribution in [1.29, 1.82) is 5.41 Å². The number of nitrogens with one attached hydrogen (secondary N) is 1. The van der Waals surface area contributed by atoms with E-state index >= 15 is 0 Å². The van der Waals surface area contributed by atoms with Crippen molar-refractivity contribution in [2.24, 2.45) is 25.6 Å². The van der Waals surface area contributed by atoms with E-state index in [0.717, 1.165) is 68.3 Å². The number of nitrogen functional groups attached to an aromatic ring is 1. The maximum absolute atomic E-state index is 7.67. The summed E-state index contributed by atoms with van der Waals surface area (Å²) in [5, 5.41) is 7.67. The Morgan fingerprint density at radius 3 is 1.58 bits per heavy atom. The first-order valence-corrected chi connectivity index (χ1v) is 14.0. The quantitative estimate of drug-likeness (QED) is 0.107. The predicted molar refractivity (Wildman–Crippen MR) is 172 cm³/mol. The summed E-state index contributed by atoms with van der Waals surface area (Å²) in [5.41, 5.74) is 19.2. The number of hydrogen-bond acceptors (Lipinski definition) is 6. The molecule has 0 spiro atoms. The molecule has 0 radical (unpaired) electrons. The molecule has 0 aliphatic rings. The summed E-state index contributed by atoms with van der Waals surface area (Å²) < 4.78 is 16.0. The van der Waals surface area contributed by atoms with Crippen molar-refractivity contribution in [1.82, 2.24) is 19.1 Å². The van der Waals surface area contributed by atoms with Crippen LogP contribution in [0.25, 0.3) is 50.5 Å². The Bertz CT molecular complexity index is 1830. The van der Waals surface area contributed by atoms with Crippen molar-refractivity contribution < 1.29 is 9.47 Å². The molecular weight excluding hydrogens is 538 g/mol. The van der Waals surface area contributed by atoms with Crippen LogP contribution in [0, 0.1) is 5.41 Å². The number of ether oxygens (including phenoxy) is 2. The smallest absolute Gasteiger partial charge is 0.140 e. The number of imidazole rings is 2. The van der Waals surface area contributed by atoms with Gasteiger partial charge in [0, 0.05) is 42.9 Å². The first-order valence-electron chi connectivity index (χ1n) is 14.0. The molecule has 6 rings (SSSR count). The molecule has 6 aromatic rings. The van der Waals surface area contributed by atoms with Crippen LogP contribution in [0.2, 0.25) is 0 Å². The van der Waals surface area contributed by atoms with Crippen LogP contribution in [0.4, 0.5) is 0 Å². The van der Waals surface area contributed by atoms with Gasteiger partial charge in [0.2, 0.25) is 0 Å². The minimum absolute atomic E-state index is 0.0306. The first kappa shape index (κ1) is 27.6. The molecule has 0 aliphatic heterocycles. The molecular formula is C34H33N7O2. The molecule has 4 aromatic carbocycles. The fourth-order valence-electron chi connectivity index (χ4n) is 5.12. The minimum Gasteiger partial charge on any atom is -0.493 e. The lowest BCUT2D eigenvalue weighted by molar-refractivity contribution is 0.247. The van der Waals surface area contributed by atoms with Gasteiger partial charge < -0.3 is 30.1 Å². The number of rotatable bonds is 10. The molecule has 0 bridgehead atoms. The zero-order chi connectivity index (χ0) is 30.1. The second kappa shape index (κ2) is 11.4. The lowest BCUT2D eigenvalue weighted by Gasteiger charge is -2.09. The van der Waals surface area contributed by atoms with Crippen molar-refractivity contribution in [3.8, 4) is 34.3 Å². The summed E-state index contributed by atoms with van der Waals surface area (Å²) >= 11 is 0. The van der Waals surface area contributed by atoms with E-state index in [4.69, 9.17) is 36.3 Å². The predicted octanol–water partition coefficient (Wildman–Crippen LogP) is 5.86. The third kappa shape index (κ3) is 5.52. The van der Waals surface area contributed by atoms with Crippen LogP contribution in [-0.2, 0) is 14.1 Å². The van der Waals surface area contributed by atoms with Gasteiger partial charge in [-0.15, -0.1) is 0 Å². The molecule has 2 heterocycles. The molecule has 216 valence electrons. The topological polar surface area (TPSA) is 130 Å². The standard InChI is InChI=1S/C34H33N7O2/c1-21(35)24-9-15-30-28(19-24)38-33(40(30)2)22-5-11-26(12-6-22)42-17-4-18-43-27-13-7-23(8-14-27)34-39-29-20-25(32(36)37)10-16-31(29)41(34)3/h5-16,19-20H,1,4,17-18,35H2,2-3H3,(H3,36,37). The van der Waals surface area contributed by atoms with Gasteiger partial charge in [0.1, 0.15) is 29.0 Å². The summed E-state index contributed by atoms with van der Waals surface area (Å²) in [5.74, 6) is 3.33.